The number of nitrogens with two attached hydrogens (primary N) is 1. The van der Waals surface area contributed by atoms with Gasteiger partial charge in [0.25, 0.3) is 0 Å². The molecule has 1 aliphatic rings. The highest BCUT2D eigenvalue weighted by Gasteiger charge is 2.20. The minimum absolute atomic E-state index is 0.437. The number of hydrogen-bond acceptors (Lipinski definition) is 2. The lowest BCUT2D eigenvalue weighted by molar-refractivity contribution is 0.458. The van der Waals surface area contributed by atoms with E-state index in [0.717, 1.165) is 12.1 Å². The summed E-state index contributed by atoms with van der Waals surface area (Å²) in [5, 5.41) is 0. The van der Waals surface area contributed by atoms with Gasteiger partial charge in [0.1, 0.15) is 0 Å². The fraction of sp³-hybridized carbons (Fsp3) is 0.308. The minimum atomic E-state index is 0.437. The third kappa shape index (κ3) is 1.48. The summed E-state index contributed by atoms with van der Waals surface area (Å²) in [5.41, 5.74) is 9.20. The second kappa shape index (κ2) is 3.67. The van der Waals surface area contributed by atoms with Crippen molar-refractivity contribution in [2.24, 2.45) is 0 Å². The zero-order valence-corrected chi connectivity index (χ0v) is 9.13. The number of fused-ring (bicyclic) bond motifs is 1. The van der Waals surface area contributed by atoms with Gasteiger partial charge in [0.15, 0.2) is 0 Å². The van der Waals surface area contributed by atoms with E-state index in [1.54, 1.807) is 0 Å². The number of nitrogens with zero attached hydrogens (tertiary/aromatic N) is 2. The summed E-state index contributed by atoms with van der Waals surface area (Å²) in [7, 11) is 0. The lowest BCUT2D eigenvalue weighted by Gasteiger charge is -2.25. The fourth-order valence-electron chi connectivity index (χ4n) is 2.47. The van der Waals surface area contributed by atoms with E-state index in [2.05, 4.69) is 21.7 Å². The van der Waals surface area contributed by atoms with Gasteiger partial charge in [-0.3, -0.25) is 0 Å². The van der Waals surface area contributed by atoms with Gasteiger partial charge < -0.3 is 10.3 Å². The number of benzene rings is 1. The van der Waals surface area contributed by atoms with Gasteiger partial charge in [-0.05, 0) is 37.0 Å². The molecule has 16 heavy (non-hydrogen) atoms. The van der Waals surface area contributed by atoms with Gasteiger partial charge in [0, 0.05) is 17.6 Å². The van der Waals surface area contributed by atoms with Crippen LogP contribution < -0.4 is 5.73 Å². The lowest BCUT2D eigenvalue weighted by Crippen LogP contribution is -2.17. The zero-order valence-electron chi connectivity index (χ0n) is 9.13. The number of aryl methyl sites for hydroxylation is 1. The second-order valence-electron chi connectivity index (χ2n) is 4.37. The summed E-state index contributed by atoms with van der Waals surface area (Å²) >= 11 is 0. The van der Waals surface area contributed by atoms with Crippen LogP contribution in [0.5, 0.6) is 0 Å². The van der Waals surface area contributed by atoms with Crippen molar-refractivity contribution in [3.63, 3.8) is 0 Å². The molecule has 0 aliphatic carbocycles. The Morgan fingerprint density at radius 2 is 2.06 bits per heavy atom. The highest BCUT2D eigenvalue weighted by molar-refractivity contribution is 5.40. The van der Waals surface area contributed by atoms with Gasteiger partial charge in [-0.25, -0.2) is 4.98 Å². The molecule has 1 aromatic carbocycles. The second-order valence-corrected chi connectivity index (χ2v) is 4.37. The van der Waals surface area contributed by atoms with E-state index in [4.69, 9.17) is 5.73 Å². The van der Waals surface area contributed by atoms with Gasteiger partial charge in [-0.15, -0.1) is 0 Å². The standard InChI is InChI=1S/C13H15N3/c14-11-6-4-10(5-7-11)13-3-1-2-12-8-15-9-16(12)13/h4-9,13H,1-3,14H2/t13-/m1/s1. The summed E-state index contributed by atoms with van der Waals surface area (Å²) in [4.78, 5) is 4.24. The van der Waals surface area contributed by atoms with Crippen LogP contribution in [0, 0.1) is 0 Å². The Bertz CT molecular complexity index is 484. The van der Waals surface area contributed by atoms with Gasteiger partial charge in [-0.1, -0.05) is 12.1 Å². The van der Waals surface area contributed by atoms with E-state index in [1.807, 2.05) is 24.7 Å². The van der Waals surface area contributed by atoms with Crippen LogP contribution in [0.4, 0.5) is 5.69 Å². The van der Waals surface area contributed by atoms with Crippen molar-refractivity contribution in [2.45, 2.75) is 25.3 Å². The third-order valence-corrected chi connectivity index (χ3v) is 3.31. The first-order valence-electron chi connectivity index (χ1n) is 5.71. The molecule has 3 heteroatoms. The smallest absolute Gasteiger partial charge is 0.0953 e. The van der Waals surface area contributed by atoms with Crippen LogP contribution in [0.3, 0.4) is 0 Å². The van der Waals surface area contributed by atoms with Crippen molar-refractivity contribution >= 4 is 5.69 Å². The SMILES string of the molecule is Nc1ccc([C@H]2CCCc3cncn32)cc1. The molecular formula is C13H15N3. The van der Waals surface area contributed by atoms with E-state index in [9.17, 15) is 0 Å². The van der Waals surface area contributed by atoms with Crippen molar-refractivity contribution in [2.75, 3.05) is 5.73 Å². The third-order valence-electron chi connectivity index (χ3n) is 3.31. The molecule has 0 spiro atoms. The molecule has 0 fully saturated rings. The Kier molecular flexibility index (Phi) is 2.17. The van der Waals surface area contributed by atoms with E-state index in [-0.39, 0.29) is 0 Å². The molecule has 82 valence electrons. The van der Waals surface area contributed by atoms with E-state index in [1.165, 1.54) is 24.1 Å². The maximum absolute atomic E-state index is 5.71. The molecule has 1 aromatic heterocycles. The summed E-state index contributed by atoms with van der Waals surface area (Å²) < 4.78 is 2.29. The maximum atomic E-state index is 5.71. The Balaban J connectivity index is 2.00. The Morgan fingerprint density at radius 3 is 2.88 bits per heavy atom. The molecule has 0 radical (unpaired) electrons. The highest BCUT2D eigenvalue weighted by atomic mass is 15.1. The molecule has 2 N–H and O–H groups in total. The number of imidazole rings is 1. The number of hydrogen-bond donors (Lipinski definition) is 1. The first kappa shape index (κ1) is 9.46. The number of nitrogen functional groups attached to an aromatic ring is 1. The molecule has 0 unspecified atom stereocenters. The minimum Gasteiger partial charge on any atom is -0.399 e. The molecule has 0 amide bonds. The molecule has 1 aliphatic heterocycles. The van der Waals surface area contributed by atoms with Crippen LogP contribution in [0.15, 0.2) is 36.8 Å². The number of anilines is 1. The van der Waals surface area contributed by atoms with Crippen LogP contribution in [-0.4, -0.2) is 9.55 Å². The molecule has 0 bridgehead atoms. The van der Waals surface area contributed by atoms with Crippen LogP contribution >= 0.6 is 0 Å². The van der Waals surface area contributed by atoms with E-state index >= 15 is 0 Å². The number of rotatable bonds is 1. The van der Waals surface area contributed by atoms with Crippen LogP contribution in [-0.2, 0) is 6.42 Å². The van der Waals surface area contributed by atoms with Crippen LogP contribution in [0.2, 0.25) is 0 Å². The lowest BCUT2D eigenvalue weighted by atomic mass is 9.96. The molecule has 0 saturated carbocycles. The average molecular weight is 213 g/mol. The van der Waals surface area contributed by atoms with Crippen molar-refractivity contribution in [3.8, 4) is 0 Å². The predicted molar refractivity (Wildman–Crippen MR) is 64.2 cm³/mol. The van der Waals surface area contributed by atoms with Crippen molar-refractivity contribution < 1.29 is 0 Å². The van der Waals surface area contributed by atoms with Gasteiger partial charge >= 0.3 is 0 Å². The first-order valence-corrected chi connectivity index (χ1v) is 5.71. The summed E-state index contributed by atoms with van der Waals surface area (Å²) in [6, 6.07) is 8.62. The Hall–Kier alpha value is -1.77. The zero-order chi connectivity index (χ0) is 11.0. The van der Waals surface area contributed by atoms with Crippen LogP contribution in [0.25, 0.3) is 0 Å². The predicted octanol–water partition coefficient (Wildman–Crippen LogP) is 2.39. The van der Waals surface area contributed by atoms with Crippen LogP contribution in [0.1, 0.15) is 30.1 Å². The van der Waals surface area contributed by atoms with Crippen molar-refractivity contribution in [3.05, 3.63) is 48.0 Å². The first-order chi connectivity index (χ1) is 7.84. The molecule has 3 rings (SSSR count). The van der Waals surface area contributed by atoms with E-state index in [0.29, 0.717) is 6.04 Å². The van der Waals surface area contributed by atoms with E-state index < -0.39 is 0 Å². The summed E-state index contributed by atoms with van der Waals surface area (Å²) in [5.74, 6) is 0. The summed E-state index contributed by atoms with van der Waals surface area (Å²) in [6.07, 6.45) is 7.48. The molecule has 3 nitrogen and oxygen atoms in total. The average Bonchev–Trinajstić information content (AvgIpc) is 2.78. The van der Waals surface area contributed by atoms with Gasteiger partial charge in [0.05, 0.1) is 12.4 Å². The fourth-order valence-corrected chi connectivity index (χ4v) is 2.47. The molecule has 2 aromatic rings. The molecule has 0 saturated heterocycles. The Labute approximate surface area is 94.9 Å². The quantitative estimate of drug-likeness (QED) is 0.739. The highest BCUT2D eigenvalue weighted by Crippen LogP contribution is 2.30. The molecular weight excluding hydrogens is 198 g/mol. The largest absolute Gasteiger partial charge is 0.399 e. The summed E-state index contributed by atoms with van der Waals surface area (Å²) in [6.45, 7) is 0. The molecule has 2 heterocycles. The van der Waals surface area contributed by atoms with Crippen molar-refractivity contribution in [1.82, 2.24) is 9.55 Å². The topological polar surface area (TPSA) is 43.8 Å². The normalized spacial score (nSPS) is 19.4. The van der Waals surface area contributed by atoms with Gasteiger partial charge in [-0.2, -0.15) is 0 Å². The Morgan fingerprint density at radius 1 is 1.25 bits per heavy atom. The monoisotopic (exact) mass is 213 g/mol. The van der Waals surface area contributed by atoms with Gasteiger partial charge in [0.2, 0.25) is 0 Å². The molecule has 1 atom stereocenters. The van der Waals surface area contributed by atoms with Crippen molar-refractivity contribution in [1.29, 1.82) is 0 Å². The number of aromatic nitrogens is 2. The maximum Gasteiger partial charge on any atom is 0.0953 e.